The normalized spacial score (nSPS) is 12.9. The van der Waals surface area contributed by atoms with Crippen LogP contribution in [0.4, 0.5) is 0 Å². The Balaban J connectivity index is 2.18. The lowest BCUT2D eigenvalue weighted by Gasteiger charge is -2.04. The van der Waals surface area contributed by atoms with E-state index in [1.165, 1.54) is 5.56 Å². The Hall–Kier alpha value is -1.35. The maximum absolute atomic E-state index is 6.19. The van der Waals surface area contributed by atoms with Gasteiger partial charge in [0.1, 0.15) is 0 Å². The van der Waals surface area contributed by atoms with Gasteiger partial charge < -0.3 is 4.52 Å². The van der Waals surface area contributed by atoms with Gasteiger partial charge in [-0.3, -0.25) is 0 Å². The number of alkyl halides is 1. The van der Waals surface area contributed by atoms with Gasteiger partial charge in [-0.05, 0) is 30.0 Å². The van der Waals surface area contributed by atoms with E-state index in [1.54, 1.807) is 0 Å². The highest BCUT2D eigenvalue weighted by Gasteiger charge is 2.15. The molecule has 2 aromatic rings. The molecule has 0 amide bonds. The lowest BCUT2D eigenvalue weighted by molar-refractivity contribution is 0.420. The van der Waals surface area contributed by atoms with Crippen molar-refractivity contribution in [2.24, 2.45) is 0 Å². The number of hydrogen-bond donors (Lipinski definition) is 0. The van der Waals surface area contributed by atoms with Crippen LogP contribution >= 0.6 is 11.6 Å². The molecule has 3 nitrogen and oxygen atoms in total. The Labute approximate surface area is 119 Å². The molecule has 0 fully saturated rings. The lowest BCUT2D eigenvalue weighted by Crippen LogP contribution is -1.92. The molecule has 0 radical (unpaired) electrons. The Morgan fingerprint density at radius 3 is 2.47 bits per heavy atom. The highest BCUT2D eigenvalue weighted by Crippen LogP contribution is 2.26. The Kier molecular flexibility index (Phi) is 4.59. The van der Waals surface area contributed by atoms with Crippen molar-refractivity contribution in [3.63, 3.8) is 0 Å². The number of hydrogen-bond acceptors (Lipinski definition) is 3. The van der Waals surface area contributed by atoms with Crippen LogP contribution in [0.5, 0.6) is 0 Å². The maximum Gasteiger partial charge on any atom is 0.257 e. The number of aromatic nitrogens is 2. The fourth-order valence-electron chi connectivity index (χ4n) is 1.87. The van der Waals surface area contributed by atoms with Crippen LogP contribution in [0.15, 0.2) is 28.8 Å². The van der Waals surface area contributed by atoms with Gasteiger partial charge in [0.25, 0.3) is 5.89 Å². The van der Waals surface area contributed by atoms with Crippen molar-refractivity contribution in [2.75, 3.05) is 0 Å². The molecule has 1 aromatic heterocycles. The maximum atomic E-state index is 6.19. The van der Waals surface area contributed by atoms with E-state index in [0.717, 1.165) is 18.4 Å². The third-order valence-electron chi connectivity index (χ3n) is 3.09. The number of benzene rings is 1. The molecule has 19 heavy (non-hydrogen) atoms. The Morgan fingerprint density at radius 1 is 1.21 bits per heavy atom. The van der Waals surface area contributed by atoms with Gasteiger partial charge in [-0.2, -0.15) is 4.98 Å². The number of halogens is 1. The molecule has 0 saturated heterocycles. The van der Waals surface area contributed by atoms with E-state index in [9.17, 15) is 0 Å². The van der Waals surface area contributed by atoms with E-state index in [-0.39, 0.29) is 5.38 Å². The fourth-order valence-corrected chi connectivity index (χ4v) is 2.18. The molecule has 0 spiro atoms. The van der Waals surface area contributed by atoms with Gasteiger partial charge in [0.2, 0.25) is 0 Å². The fraction of sp³-hybridized carbons (Fsp3) is 0.467. The number of nitrogens with zero attached hydrogens (tertiary/aromatic N) is 2. The third-order valence-corrected chi connectivity index (χ3v) is 3.50. The SMILES string of the molecule is CCCC(Cl)c1noc(-c2ccc(C(C)C)cc2)n1. The van der Waals surface area contributed by atoms with Gasteiger partial charge in [0.05, 0.1) is 5.38 Å². The lowest BCUT2D eigenvalue weighted by atomic mass is 10.0. The molecule has 0 aliphatic heterocycles. The van der Waals surface area contributed by atoms with Gasteiger partial charge in [0.15, 0.2) is 5.82 Å². The molecule has 2 rings (SSSR count). The minimum absolute atomic E-state index is 0.169. The monoisotopic (exact) mass is 278 g/mol. The summed E-state index contributed by atoms with van der Waals surface area (Å²) in [6.07, 6.45) is 1.86. The minimum atomic E-state index is -0.169. The van der Waals surface area contributed by atoms with Crippen LogP contribution in [0.25, 0.3) is 11.5 Å². The van der Waals surface area contributed by atoms with Crippen molar-refractivity contribution in [2.45, 2.75) is 44.9 Å². The summed E-state index contributed by atoms with van der Waals surface area (Å²) in [5.74, 6) is 1.63. The topological polar surface area (TPSA) is 38.9 Å². The molecule has 0 saturated carbocycles. The molecular formula is C15H19ClN2O. The molecule has 1 atom stereocenters. The quantitative estimate of drug-likeness (QED) is 0.727. The second-order valence-electron chi connectivity index (χ2n) is 4.99. The highest BCUT2D eigenvalue weighted by molar-refractivity contribution is 6.20. The second-order valence-corrected chi connectivity index (χ2v) is 5.52. The van der Waals surface area contributed by atoms with Crippen molar-refractivity contribution in [3.8, 4) is 11.5 Å². The predicted octanol–water partition coefficient (Wildman–Crippen LogP) is 4.94. The van der Waals surface area contributed by atoms with E-state index in [1.807, 2.05) is 12.1 Å². The van der Waals surface area contributed by atoms with Crippen LogP contribution in [-0.2, 0) is 0 Å². The van der Waals surface area contributed by atoms with Crippen LogP contribution in [0, 0.1) is 0 Å². The zero-order chi connectivity index (χ0) is 13.8. The first-order chi connectivity index (χ1) is 9.11. The van der Waals surface area contributed by atoms with Gasteiger partial charge in [0, 0.05) is 5.56 Å². The average Bonchev–Trinajstić information content (AvgIpc) is 2.89. The summed E-state index contributed by atoms with van der Waals surface area (Å²) >= 11 is 6.19. The standard InChI is InChI=1S/C15H19ClN2O/c1-4-5-13(16)14-17-15(19-18-14)12-8-6-11(7-9-12)10(2)3/h6-10,13H,4-5H2,1-3H3. The third kappa shape index (κ3) is 3.35. The van der Waals surface area contributed by atoms with Crippen LogP contribution < -0.4 is 0 Å². The minimum Gasteiger partial charge on any atom is -0.334 e. The first kappa shape index (κ1) is 14.1. The molecule has 0 aliphatic carbocycles. The summed E-state index contributed by atoms with van der Waals surface area (Å²) in [7, 11) is 0. The summed E-state index contributed by atoms with van der Waals surface area (Å²) in [4.78, 5) is 4.36. The zero-order valence-corrected chi connectivity index (χ0v) is 12.3. The molecule has 102 valence electrons. The van der Waals surface area contributed by atoms with Crippen LogP contribution in [0.1, 0.15) is 56.3 Å². The molecule has 1 heterocycles. The van der Waals surface area contributed by atoms with Crippen molar-refractivity contribution in [1.29, 1.82) is 0 Å². The Bertz CT molecular complexity index is 519. The van der Waals surface area contributed by atoms with Gasteiger partial charge >= 0.3 is 0 Å². The molecule has 0 N–H and O–H groups in total. The highest BCUT2D eigenvalue weighted by atomic mass is 35.5. The molecule has 0 aliphatic rings. The molecule has 1 aromatic carbocycles. The zero-order valence-electron chi connectivity index (χ0n) is 11.6. The van der Waals surface area contributed by atoms with E-state index in [0.29, 0.717) is 17.6 Å². The van der Waals surface area contributed by atoms with Crippen LogP contribution in [-0.4, -0.2) is 10.1 Å². The van der Waals surface area contributed by atoms with Crippen LogP contribution in [0.3, 0.4) is 0 Å². The van der Waals surface area contributed by atoms with Crippen molar-refractivity contribution < 1.29 is 4.52 Å². The van der Waals surface area contributed by atoms with Crippen molar-refractivity contribution in [3.05, 3.63) is 35.7 Å². The smallest absolute Gasteiger partial charge is 0.257 e. The first-order valence-corrected chi connectivity index (χ1v) is 7.13. The molecule has 0 bridgehead atoms. The first-order valence-electron chi connectivity index (χ1n) is 6.69. The van der Waals surface area contributed by atoms with Gasteiger partial charge in [-0.25, -0.2) is 0 Å². The van der Waals surface area contributed by atoms with Gasteiger partial charge in [-0.1, -0.05) is 44.5 Å². The summed E-state index contributed by atoms with van der Waals surface area (Å²) in [6, 6.07) is 8.20. The second kappa shape index (κ2) is 6.20. The summed E-state index contributed by atoms with van der Waals surface area (Å²) in [5.41, 5.74) is 2.23. The molecular weight excluding hydrogens is 260 g/mol. The van der Waals surface area contributed by atoms with Crippen LogP contribution in [0.2, 0.25) is 0 Å². The average molecular weight is 279 g/mol. The van der Waals surface area contributed by atoms with E-state index < -0.39 is 0 Å². The summed E-state index contributed by atoms with van der Waals surface area (Å²) < 4.78 is 5.27. The van der Waals surface area contributed by atoms with E-state index in [4.69, 9.17) is 16.1 Å². The van der Waals surface area contributed by atoms with Crippen molar-refractivity contribution >= 4 is 11.6 Å². The van der Waals surface area contributed by atoms with E-state index in [2.05, 4.69) is 43.0 Å². The summed E-state index contributed by atoms with van der Waals surface area (Å²) in [5, 5.41) is 3.78. The number of rotatable bonds is 5. The molecule has 1 unspecified atom stereocenters. The Morgan fingerprint density at radius 2 is 1.89 bits per heavy atom. The predicted molar refractivity (Wildman–Crippen MR) is 77.3 cm³/mol. The van der Waals surface area contributed by atoms with Gasteiger partial charge in [-0.15, -0.1) is 11.6 Å². The largest absolute Gasteiger partial charge is 0.334 e. The van der Waals surface area contributed by atoms with Crippen molar-refractivity contribution in [1.82, 2.24) is 10.1 Å². The molecule has 4 heteroatoms. The summed E-state index contributed by atoms with van der Waals surface area (Å²) in [6.45, 7) is 6.42. The van der Waals surface area contributed by atoms with E-state index >= 15 is 0 Å².